The zero-order valence-corrected chi connectivity index (χ0v) is 11.4. The van der Waals surface area contributed by atoms with E-state index in [4.69, 9.17) is 11.6 Å². The number of nitrogens with one attached hydrogen (secondary N) is 1. The van der Waals surface area contributed by atoms with E-state index in [9.17, 15) is 0 Å². The van der Waals surface area contributed by atoms with Crippen LogP contribution in [0.1, 0.15) is 19.4 Å². The van der Waals surface area contributed by atoms with Crippen molar-refractivity contribution in [2.45, 2.75) is 20.3 Å². The Bertz CT molecular complexity index is 510. The standard InChI is InChI=1S/C12H14ClN3S/c1-3-8-10(11-9(13)5-6-17-11)15-7-16-12(8)14-4-2/h5-7H,3-4H2,1-2H3,(H,14,15,16). The van der Waals surface area contributed by atoms with Crippen molar-refractivity contribution in [2.24, 2.45) is 0 Å². The monoisotopic (exact) mass is 267 g/mol. The maximum Gasteiger partial charge on any atom is 0.133 e. The topological polar surface area (TPSA) is 37.8 Å². The molecule has 2 aromatic rings. The van der Waals surface area contributed by atoms with E-state index in [2.05, 4.69) is 29.1 Å². The number of halogens is 1. The molecule has 0 aromatic carbocycles. The number of hydrogen-bond acceptors (Lipinski definition) is 4. The van der Waals surface area contributed by atoms with Crippen molar-refractivity contribution >= 4 is 28.8 Å². The van der Waals surface area contributed by atoms with Crippen molar-refractivity contribution in [3.05, 3.63) is 28.4 Å². The Hall–Kier alpha value is -1.13. The van der Waals surface area contributed by atoms with Crippen molar-refractivity contribution in [2.75, 3.05) is 11.9 Å². The Morgan fingerprint density at radius 3 is 2.76 bits per heavy atom. The summed E-state index contributed by atoms with van der Waals surface area (Å²) in [6, 6.07) is 1.90. The molecule has 2 aromatic heterocycles. The van der Waals surface area contributed by atoms with E-state index in [-0.39, 0.29) is 0 Å². The highest BCUT2D eigenvalue weighted by Crippen LogP contribution is 2.35. The van der Waals surface area contributed by atoms with Gasteiger partial charge in [-0.3, -0.25) is 0 Å². The summed E-state index contributed by atoms with van der Waals surface area (Å²) in [5.74, 6) is 0.907. The lowest BCUT2D eigenvalue weighted by atomic mass is 10.1. The van der Waals surface area contributed by atoms with Crippen LogP contribution in [0.3, 0.4) is 0 Å². The predicted molar refractivity (Wildman–Crippen MR) is 73.9 cm³/mol. The number of hydrogen-bond donors (Lipinski definition) is 1. The number of rotatable bonds is 4. The summed E-state index contributed by atoms with van der Waals surface area (Å²) < 4.78 is 0. The molecule has 0 aliphatic heterocycles. The van der Waals surface area contributed by atoms with E-state index in [1.54, 1.807) is 17.7 Å². The summed E-state index contributed by atoms with van der Waals surface area (Å²) in [5.41, 5.74) is 2.07. The van der Waals surface area contributed by atoms with Crippen LogP contribution in [0.25, 0.3) is 10.6 Å². The minimum absolute atomic E-state index is 0.755. The molecule has 0 bridgehead atoms. The van der Waals surface area contributed by atoms with Crippen molar-refractivity contribution in [1.82, 2.24) is 9.97 Å². The van der Waals surface area contributed by atoms with Gasteiger partial charge in [0.25, 0.3) is 0 Å². The van der Waals surface area contributed by atoms with Gasteiger partial charge < -0.3 is 5.32 Å². The zero-order chi connectivity index (χ0) is 12.3. The van der Waals surface area contributed by atoms with Crippen LogP contribution in [0.15, 0.2) is 17.8 Å². The van der Waals surface area contributed by atoms with Gasteiger partial charge in [-0.15, -0.1) is 11.3 Å². The van der Waals surface area contributed by atoms with Gasteiger partial charge in [0.2, 0.25) is 0 Å². The van der Waals surface area contributed by atoms with Gasteiger partial charge in [0, 0.05) is 12.1 Å². The van der Waals surface area contributed by atoms with Gasteiger partial charge in [-0.2, -0.15) is 0 Å². The van der Waals surface area contributed by atoms with Crippen LogP contribution in [-0.4, -0.2) is 16.5 Å². The average Bonchev–Trinajstić information content (AvgIpc) is 2.75. The molecule has 0 saturated carbocycles. The third kappa shape index (κ3) is 2.42. The fourth-order valence-electron chi connectivity index (χ4n) is 1.73. The van der Waals surface area contributed by atoms with Crippen LogP contribution in [0.2, 0.25) is 5.02 Å². The summed E-state index contributed by atoms with van der Waals surface area (Å²) in [7, 11) is 0. The first-order valence-electron chi connectivity index (χ1n) is 5.59. The second kappa shape index (κ2) is 5.47. The molecule has 0 spiro atoms. The molecule has 0 aliphatic rings. The Labute approximate surface area is 110 Å². The van der Waals surface area contributed by atoms with Gasteiger partial charge in [-0.05, 0) is 24.8 Å². The quantitative estimate of drug-likeness (QED) is 0.914. The van der Waals surface area contributed by atoms with Gasteiger partial charge >= 0.3 is 0 Å². The molecular formula is C12H14ClN3S. The molecule has 0 radical (unpaired) electrons. The van der Waals surface area contributed by atoms with Crippen molar-refractivity contribution in [3.63, 3.8) is 0 Å². The first kappa shape index (κ1) is 12.3. The zero-order valence-electron chi connectivity index (χ0n) is 9.83. The average molecular weight is 268 g/mol. The third-order valence-corrected chi connectivity index (χ3v) is 3.82. The summed E-state index contributed by atoms with van der Waals surface area (Å²) in [6.07, 6.45) is 2.47. The van der Waals surface area contributed by atoms with Crippen LogP contribution in [0.4, 0.5) is 5.82 Å². The van der Waals surface area contributed by atoms with Gasteiger partial charge in [-0.1, -0.05) is 18.5 Å². The molecule has 2 rings (SSSR count). The first-order valence-corrected chi connectivity index (χ1v) is 6.84. The molecular weight excluding hydrogens is 254 g/mol. The van der Waals surface area contributed by atoms with Gasteiger partial charge in [0.15, 0.2) is 0 Å². The second-order valence-corrected chi connectivity index (χ2v) is 4.85. The molecule has 0 fully saturated rings. The summed E-state index contributed by atoms with van der Waals surface area (Å²) in [5, 5.41) is 5.99. The largest absolute Gasteiger partial charge is 0.370 e. The smallest absolute Gasteiger partial charge is 0.133 e. The Morgan fingerprint density at radius 1 is 1.35 bits per heavy atom. The highest BCUT2D eigenvalue weighted by Gasteiger charge is 2.14. The van der Waals surface area contributed by atoms with Crippen LogP contribution in [-0.2, 0) is 6.42 Å². The van der Waals surface area contributed by atoms with Gasteiger partial charge in [0.1, 0.15) is 12.1 Å². The Morgan fingerprint density at radius 2 is 2.18 bits per heavy atom. The highest BCUT2D eigenvalue weighted by molar-refractivity contribution is 7.14. The van der Waals surface area contributed by atoms with E-state index in [1.807, 2.05) is 11.4 Å². The van der Waals surface area contributed by atoms with Gasteiger partial charge in [0.05, 0.1) is 15.6 Å². The van der Waals surface area contributed by atoms with Crippen LogP contribution in [0, 0.1) is 0 Å². The number of anilines is 1. The molecule has 0 amide bonds. The second-order valence-electron chi connectivity index (χ2n) is 3.53. The molecule has 3 nitrogen and oxygen atoms in total. The third-order valence-electron chi connectivity index (χ3n) is 2.48. The molecule has 2 heterocycles. The van der Waals surface area contributed by atoms with E-state index in [0.717, 1.165) is 39.9 Å². The molecule has 5 heteroatoms. The highest BCUT2D eigenvalue weighted by atomic mass is 35.5. The fourth-order valence-corrected chi connectivity index (χ4v) is 2.89. The molecule has 90 valence electrons. The number of thiophene rings is 1. The van der Waals surface area contributed by atoms with E-state index >= 15 is 0 Å². The Balaban J connectivity index is 2.54. The first-order chi connectivity index (χ1) is 8.27. The molecule has 0 saturated heterocycles. The van der Waals surface area contributed by atoms with Crippen LogP contribution < -0.4 is 5.32 Å². The lowest BCUT2D eigenvalue weighted by molar-refractivity contribution is 1.03. The number of nitrogens with zero attached hydrogens (tertiary/aromatic N) is 2. The maximum atomic E-state index is 6.16. The van der Waals surface area contributed by atoms with Gasteiger partial charge in [-0.25, -0.2) is 9.97 Å². The minimum atomic E-state index is 0.755. The molecule has 0 atom stereocenters. The molecule has 0 aliphatic carbocycles. The fraction of sp³-hybridized carbons (Fsp3) is 0.333. The number of aromatic nitrogens is 2. The Kier molecular flexibility index (Phi) is 3.97. The molecule has 1 N–H and O–H groups in total. The van der Waals surface area contributed by atoms with Crippen molar-refractivity contribution in [3.8, 4) is 10.6 Å². The van der Waals surface area contributed by atoms with Crippen molar-refractivity contribution in [1.29, 1.82) is 0 Å². The summed E-state index contributed by atoms with van der Waals surface area (Å²) in [4.78, 5) is 9.67. The SMILES string of the molecule is CCNc1ncnc(-c2sccc2Cl)c1CC. The summed E-state index contributed by atoms with van der Waals surface area (Å²) in [6.45, 7) is 5.01. The van der Waals surface area contributed by atoms with E-state index < -0.39 is 0 Å². The molecule has 17 heavy (non-hydrogen) atoms. The predicted octanol–water partition coefficient (Wildman–Crippen LogP) is 3.85. The van der Waals surface area contributed by atoms with Crippen LogP contribution in [0.5, 0.6) is 0 Å². The minimum Gasteiger partial charge on any atom is -0.370 e. The van der Waals surface area contributed by atoms with Crippen molar-refractivity contribution < 1.29 is 0 Å². The maximum absolute atomic E-state index is 6.16. The van der Waals surface area contributed by atoms with E-state index in [0.29, 0.717) is 0 Å². The van der Waals surface area contributed by atoms with E-state index in [1.165, 1.54) is 0 Å². The summed E-state index contributed by atoms with van der Waals surface area (Å²) >= 11 is 7.77. The lowest BCUT2D eigenvalue weighted by Crippen LogP contribution is -2.05. The lowest BCUT2D eigenvalue weighted by Gasteiger charge is -2.11. The van der Waals surface area contributed by atoms with Crippen LogP contribution >= 0.6 is 22.9 Å². The normalized spacial score (nSPS) is 10.5. The molecule has 0 unspecified atom stereocenters.